The SMILES string of the molecule is CCCCCCCCC/C=C\CCCCCCCC(=O)OCC(COC(=O)CCCCCCC)OC(=O)CCCCCCCCCCCCCCC. The van der Waals surface area contributed by atoms with Crippen molar-refractivity contribution < 1.29 is 28.6 Å². The Hall–Kier alpha value is -1.85. The minimum absolute atomic E-state index is 0.0705. The van der Waals surface area contributed by atoms with Crippen LogP contribution in [0, 0.1) is 0 Å². The fourth-order valence-corrected chi connectivity index (χ4v) is 6.55. The molecule has 6 nitrogen and oxygen atoms in total. The molecule has 0 aromatic carbocycles. The van der Waals surface area contributed by atoms with Crippen LogP contribution in [0.3, 0.4) is 0 Å². The maximum absolute atomic E-state index is 12.6. The molecule has 0 aliphatic rings. The minimum Gasteiger partial charge on any atom is -0.462 e. The summed E-state index contributed by atoms with van der Waals surface area (Å²) in [7, 11) is 0. The first-order chi connectivity index (χ1) is 25.5. The molecule has 0 radical (unpaired) electrons. The van der Waals surface area contributed by atoms with Crippen molar-refractivity contribution in [3.05, 3.63) is 12.2 Å². The van der Waals surface area contributed by atoms with E-state index in [1.807, 2.05) is 0 Å². The number of hydrogen-bond donors (Lipinski definition) is 0. The van der Waals surface area contributed by atoms with Gasteiger partial charge in [0.2, 0.25) is 0 Å². The maximum atomic E-state index is 12.6. The molecule has 0 bridgehead atoms. The maximum Gasteiger partial charge on any atom is 0.306 e. The normalized spacial score (nSPS) is 12.0. The van der Waals surface area contributed by atoms with Crippen LogP contribution in [0.1, 0.15) is 245 Å². The van der Waals surface area contributed by atoms with Crippen molar-refractivity contribution in [2.75, 3.05) is 13.2 Å². The molecular formula is C46H86O6. The molecule has 0 N–H and O–H groups in total. The highest BCUT2D eigenvalue weighted by Crippen LogP contribution is 2.15. The van der Waals surface area contributed by atoms with Crippen LogP contribution in [0.25, 0.3) is 0 Å². The summed E-state index contributed by atoms with van der Waals surface area (Å²) in [4.78, 5) is 37.4. The summed E-state index contributed by atoms with van der Waals surface area (Å²) < 4.78 is 16.6. The molecule has 0 spiro atoms. The van der Waals surface area contributed by atoms with E-state index in [0.29, 0.717) is 19.3 Å². The highest BCUT2D eigenvalue weighted by molar-refractivity contribution is 5.71. The summed E-state index contributed by atoms with van der Waals surface area (Å²) >= 11 is 0. The number of esters is 3. The molecule has 0 aliphatic carbocycles. The third-order valence-corrected chi connectivity index (χ3v) is 10.0. The molecular weight excluding hydrogens is 648 g/mol. The van der Waals surface area contributed by atoms with Crippen LogP contribution in [0.5, 0.6) is 0 Å². The van der Waals surface area contributed by atoms with Crippen LogP contribution >= 0.6 is 0 Å². The number of unbranched alkanes of at least 4 members (excludes halogenated alkanes) is 28. The third kappa shape index (κ3) is 39.4. The van der Waals surface area contributed by atoms with E-state index in [1.54, 1.807) is 0 Å². The summed E-state index contributed by atoms with van der Waals surface area (Å²) in [5.74, 6) is -0.885. The van der Waals surface area contributed by atoms with Gasteiger partial charge < -0.3 is 14.2 Å². The molecule has 0 aliphatic heterocycles. The molecule has 0 aromatic rings. The number of hydrogen-bond acceptors (Lipinski definition) is 6. The summed E-state index contributed by atoms with van der Waals surface area (Å²) in [6, 6.07) is 0. The quantitative estimate of drug-likeness (QED) is 0.0269. The van der Waals surface area contributed by atoms with Crippen molar-refractivity contribution >= 4 is 17.9 Å². The monoisotopic (exact) mass is 735 g/mol. The van der Waals surface area contributed by atoms with Crippen LogP contribution in [0.15, 0.2) is 12.2 Å². The smallest absolute Gasteiger partial charge is 0.306 e. The topological polar surface area (TPSA) is 78.9 Å². The van der Waals surface area contributed by atoms with Gasteiger partial charge in [-0.15, -0.1) is 0 Å². The lowest BCUT2D eigenvalue weighted by atomic mass is 10.0. The standard InChI is InChI=1S/C46H86O6/c1-4-7-10-13-15-17-19-21-22-23-25-26-28-30-33-36-39-45(48)51-42-43(41-50-44(47)38-35-32-12-9-6-3)52-46(49)40-37-34-31-29-27-24-20-18-16-14-11-8-5-2/h22-23,43H,4-21,24-42H2,1-3H3/b23-22-. The molecule has 0 saturated carbocycles. The molecule has 0 fully saturated rings. The first kappa shape index (κ1) is 50.1. The van der Waals surface area contributed by atoms with Gasteiger partial charge in [0.1, 0.15) is 13.2 Å². The molecule has 52 heavy (non-hydrogen) atoms. The van der Waals surface area contributed by atoms with E-state index in [0.717, 1.165) is 70.6 Å². The summed E-state index contributed by atoms with van der Waals surface area (Å²) in [5, 5.41) is 0. The Kier molecular flexibility index (Phi) is 40.4. The molecule has 1 unspecified atom stereocenters. The second-order valence-electron chi connectivity index (χ2n) is 15.3. The molecule has 0 heterocycles. The number of carbonyl (C=O) groups is 3. The molecule has 0 aromatic heterocycles. The largest absolute Gasteiger partial charge is 0.462 e. The van der Waals surface area contributed by atoms with Crippen molar-refractivity contribution in [1.82, 2.24) is 0 Å². The summed E-state index contributed by atoms with van der Waals surface area (Å²) in [5.41, 5.74) is 0. The van der Waals surface area contributed by atoms with Gasteiger partial charge in [-0.25, -0.2) is 0 Å². The highest BCUT2D eigenvalue weighted by atomic mass is 16.6. The molecule has 6 heteroatoms. The Bertz CT molecular complexity index is 809. The number of allylic oxidation sites excluding steroid dienone is 2. The van der Waals surface area contributed by atoms with Crippen LogP contribution in [0.4, 0.5) is 0 Å². The van der Waals surface area contributed by atoms with Crippen LogP contribution in [-0.2, 0) is 28.6 Å². The average molecular weight is 735 g/mol. The second kappa shape index (κ2) is 41.9. The van der Waals surface area contributed by atoms with Crippen molar-refractivity contribution in [2.24, 2.45) is 0 Å². The van der Waals surface area contributed by atoms with Gasteiger partial charge in [-0.3, -0.25) is 14.4 Å². The lowest BCUT2D eigenvalue weighted by molar-refractivity contribution is -0.167. The van der Waals surface area contributed by atoms with E-state index < -0.39 is 6.10 Å². The Balaban J connectivity index is 4.20. The lowest BCUT2D eigenvalue weighted by Gasteiger charge is -2.18. The third-order valence-electron chi connectivity index (χ3n) is 10.0. The second-order valence-corrected chi connectivity index (χ2v) is 15.3. The zero-order valence-electron chi connectivity index (χ0n) is 34.8. The van der Waals surface area contributed by atoms with Crippen molar-refractivity contribution in [2.45, 2.75) is 252 Å². The van der Waals surface area contributed by atoms with Crippen LogP contribution in [0.2, 0.25) is 0 Å². The highest BCUT2D eigenvalue weighted by Gasteiger charge is 2.19. The Morgan fingerprint density at radius 3 is 0.962 bits per heavy atom. The van der Waals surface area contributed by atoms with Gasteiger partial charge in [-0.1, -0.05) is 193 Å². The van der Waals surface area contributed by atoms with E-state index in [4.69, 9.17) is 14.2 Å². The van der Waals surface area contributed by atoms with E-state index in [9.17, 15) is 14.4 Å². The van der Waals surface area contributed by atoms with Gasteiger partial charge in [-0.05, 0) is 44.9 Å². The number of ether oxygens (including phenoxy) is 3. The lowest BCUT2D eigenvalue weighted by Crippen LogP contribution is -2.30. The van der Waals surface area contributed by atoms with Crippen molar-refractivity contribution in [3.8, 4) is 0 Å². The molecule has 0 rings (SSSR count). The fraction of sp³-hybridized carbons (Fsp3) is 0.891. The minimum atomic E-state index is -0.763. The zero-order chi connectivity index (χ0) is 38.0. The van der Waals surface area contributed by atoms with Gasteiger partial charge in [-0.2, -0.15) is 0 Å². The average Bonchev–Trinajstić information content (AvgIpc) is 3.14. The van der Waals surface area contributed by atoms with Crippen LogP contribution in [-0.4, -0.2) is 37.2 Å². The van der Waals surface area contributed by atoms with Gasteiger partial charge in [0, 0.05) is 19.3 Å². The number of carbonyl (C=O) groups excluding carboxylic acids is 3. The predicted octanol–water partition coefficient (Wildman–Crippen LogP) is 14.3. The van der Waals surface area contributed by atoms with Crippen molar-refractivity contribution in [1.29, 1.82) is 0 Å². The van der Waals surface area contributed by atoms with Crippen LogP contribution < -0.4 is 0 Å². The van der Waals surface area contributed by atoms with Crippen molar-refractivity contribution in [3.63, 3.8) is 0 Å². The van der Waals surface area contributed by atoms with E-state index >= 15 is 0 Å². The first-order valence-corrected chi connectivity index (χ1v) is 22.7. The van der Waals surface area contributed by atoms with Gasteiger partial charge in [0.25, 0.3) is 0 Å². The summed E-state index contributed by atoms with van der Waals surface area (Å²) in [6.07, 6.45) is 43.6. The van der Waals surface area contributed by atoms with Gasteiger partial charge in [0.05, 0.1) is 0 Å². The number of rotatable bonds is 41. The summed E-state index contributed by atoms with van der Waals surface area (Å²) in [6.45, 7) is 6.55. The van der Waals surface area contributed by atoms with Gasteiger partial charge in [0.15, 0.2) is 6.10 Å². The Morgan fingerprint density at radius 1 is 0.365 bits per heavy atom. The first-order valence-electron chi connectivity index (χ1n) is 22.7. The Labute approximate surface area is 322 Å². The van der Waals surface area contributed by atoms with Gasteiger partial charge >= 0.3 is 17.9 Å². The van der Waals surface area contributed by atoms with E-state index in [-0.39, 0.29) is 31.1 Å². The fourth-order valence-electron chi connectivity index (χ4n) is 6.55. The molecule has 306 valence electrons. The molecule has 0 amide bonds. The Morgan fingerprint density at radius 2 is 0.635 bits per heavy atom. The zero-order valence-corrected chi connectivity index (χ0v) is 34.8. The predicted molar refractivity (Wildman–Crippen MR) is 220 cm³/mol. The van der Waals surface area contributed by atoms with E-state index in [2.05, 4.69) is 32.9 Å². The molecule has 1 atom stereocenters. The van der Waals surface area contributed by atoms with E-state index in [1.165, 1.54) is 135 Å². The molecule has 0 saturated heterocycles.